The topological polar surface area (TPSA) is 101 Å². The van der Waals surface area contributed by atoms with Crippen LogP contribution in [0.25, 0.3) is 27.9 Å². The van der Waals surface area contributed by atoms with E-state index in [4.69, 9.17) is 5.10 Å². The normalized spacial score (nSPS) is 17.2. The quantitative estimate of drug-likeness (QED) is 0.341. The summed E-state index contributed by atoms with van der Waals surface area (Å²) in [6, 6.07) is 16.2. The van der Waals surface area contributed by atoms with Crippen molar-refractivity contribution in [2.45, 2.75) is 51.4 Å². The van der Waals surface area contributed by atoms with E-state index in [1.807, 2.05) is 37.4 Å². The number of rotatable bonds is 7. The lowest BCUT2D eigenvalue weighted by atomic mass is 9.89. The summed E-state index contributed by atoms with van der Waals surface area (Å²) in [5.74, 6) is -0.297. The fourth-order valence-corrected chi connectivity index (χ4v) is 5.04. The van der Waals surface area contributed by atoms with Crippen molar-refractivity contribution in [2.75, 3.05) is 11.9 Å². The van der Waals surface area contributed by atoms with Crippen molar-refractivity contribution in [1.29, 1.82) is 0 Å². The molecule has 2 atom stereocenters. The number of amides is 1. The number of hydrogen-bond donors (Lipinski definition) is 2. The van der Waals surface area contributed by atoms with Crippen LogP contribution in [0.1, 0.15) is 48.8 Å². The maximum absolute atomic E-state index is 13.2. The van der Waals surface area contributed by atoms with E-state index in [1.165, 1.54) is 0 Å². The van der Waals surface area contributed by atoms with Gasteiger partial charge in [-0.05, 0) is 50.5 Å². The number of pyridine rings is 1. The summed E-state index contributed by atoms with van der Waals surface area (Å²) in [4.78, 5) is 24.6. The highest BCUT2D eigenvalue weighted by Gasteiger charge is 2.31. The number of nitrogens with one attached hydrogen (secondary N) is 1. The van der Waals surface area contributed by atoms with E-state index < -0.39 is 6.10 Å². The number of aliphatic hydroxyl groups excluding tert-OH is 1. The fourth-order valence-electron chi connectivity index (χ4n) is 5.04. The second kappa shape index (κ2) is 9.57. The third-order valence-corrected chi connectivity index (χ3v) is 7.33. The molecular weight excluding hydrogens is 478 g/mol. The maximum Gasteiger partial charge on any atom is 0.271 e. The van der Waals surface area contributed by atoms with Crippen LogP contribution >= 0.6 is 0 Å². The Bertz CT molecular complexity index is 1620. The minimum absolute atomic E-state index is 0.216. The molecule has 1 aliphatic rings. The molecule has 6 rings (SSSR count). The van der Waals surface area contributed by atoms with Gasteiger partial charge in [-0.15, -0.1) is 0 Å². The van der Waals surface area contributed by atoms with Gasteiger partial charge in [-0.1, -0.05) is 30.3 Å². The molecule has 0 saturated heterocycles. The summed E-state index contributed by atoms with van der Waals surface area (Å²) < 4.78 is 3.77. The van der Waals surface area contributed by atoms with E-state index in [1.54, 1.807) is 16.9 Å². The fraction of sp³-hybridized carbons (Fsp3) is 0.310. The zero-order chi connectivity index (χ0) is 26.4. The first-order chi connectivity index (χ1) is 18.4. The largest absolute Gasteiger partial charge is 0.391 e. The van der Waals surface area contributed by atoms with Crippen LogP contribution in [0.15, 0.2) is 67.1 Å². The molecule has 0 aliphatic heterocycles. The Balaban J connectivity index is 1.50. The lowest BCUT2D eigenvalue weighted by Crippen LogP contribution is -2.50. The molecule has 1 amide bonds. The first kappa shape index (κ1) is 24.1. The monoisotopic (exact) mass is 509 g/mol. The van der Waals surface area contributed by atoms with Crippen molar-refractivity contribution >= 4 is 28.3 Å². The van der Waals surface area contributed by atoms with Crippen molar-refractivity contribution < 1.29 is 9.90 Å². The molecule has 4 heterocycles. The number of hydrogen-bond acceptors (Lipinski definition) is 6. The Labute approximate surface area is 220 Å². The molecule has 1 saturated carbocycles. The van der Waals surface area contributed by atoms with Gasteiger partial charge in [-0.2, -0.15) is 5.10 Å². The third-order valence-electron chi connectivity index (χ3n) is 7.33. The van der Waals surface area contributed by atoms with E-state index in [-0.39, 0.29) is 18.0 Å². The van der Waals surface area contributed by atoms with Crippen LogP contribution in [0.4, 0.5) is 5.69 Å². The standard InChI is InChI=1S/C29H31N7O2/c1-18(2)35-17-21(20-10-7-13-30-27(20)35)23-14-24(34(3)16-19-8-5-4-6-9-19)28-31-15-25(36(28)33-23)29(38)32-22-11-12-26(22)37/h4-10,13-15,17-18,22,26,37H,11-12,16H2,1-3H3,(H,32,38)/t22?,26-/m1/s1. The maximum atomic E-state index is 13.2. The van der Waals surface area contributed by atoms with Crippen LogP contribution in [0, 0.1) is 0 Å². The SMILES string of the molecule is CC(C)n1cc(-c2cc(N(C)Cc3ccccc3)c3ncc(C(=O)NC4CC[C@H]4O)n3n2)c2cccnc21. The summed E-state index contributed by atoms with van der Waals surface area (Å²) in [6.07, 6.45) is 6.39. The third kappa shape index (κ3) is 4.18. The number of aromatic nitrogens is 5. The first-order valence-corrected chi connectivity index (χ1v) is 13.0. The Hall–Kier alpha value is -4.24. The molecular formula is C29H31N7O2. The highest BCUT2D eigenvalue weighted by Crippen LogP contribution is 2.34. The van der Waals surface area contributed by atoms with Gasteiger partial charge in [0.25, 0.3) is 5.91 Å². The molecule has 9 nitrogen and oxygen atoms in total. The molecule has 38 heavy (non-hydrogen) atoms. The lowest BCUT2D eigenvalue weighted by molar-refractivity contribution is 0.0445. The zero-order valence-electron chi connectivity index (χ0n) is 21.7. The van der Waals surface area contributed by atoms with E-state index in [0.29, 0.717) is 24.3 Å². The van der Waals surface area contributed by atoms with Gasteiger partial charge >= 0.3 is 0 Å². The number of fused-ring (bicyclic) bond motifs is 2. The number of benzene rings is 1. The number of imidazole rings is 1. The highest BCUT2D eigenvalue weighted by molar-refractivity contribution is 5.96. The zero-order valence-corrected chi connectivity index (χ0v) is 21.7. The summed E-state index contributed by atoms with van der Waals surface area (Å²) in [7, 11) is 2.02. The summed E-state index contributed by atoms with van der Waals surface area (Å²) in [6.45, 7) is 4.92. The molecule has 1 aromatic carbocycles. The van der Waals surface area contributed by atoms with Crippen LogP contribution in [0.3, 0.4) is 0 Å². The van der Waals surface area contributed by atoms with Gasteiger partial charge in [0.1, 0.15) is 5.65 Å². The number of nitrogens with zero attached hydrogens (tertiary/aromatic N) is 6. The molecule has 0 bridgehead atoms. The molecule has 0 radical (unpaired) electrons. The molecule has 9 heteroatoms. The molecule has 194 valence electrons. The van der Waals surface area contributed by atoms with Crippen LogP contribution in [-0.4, -0.2) is 54.4 Å². The Kier molecular flexibility index (Phi) is 6.07. The Morgan fingerprint density at radius 1 is 1.13 bits per heavy atom. The molecule has 4 aromatic heterocycles. The molecule has 2 N–H and O–H groups in total. The molecule has 1 fully saturated rings. The number of anilines is 1. The number of aliphatic hydroxyl groups is 1. The predicted octanol–water partition coefficient (Wildman–Crippen LogP) is 4.22. The van der Waals surface area contributed by atoms with Crippen molar-refractivity contribution in [2.24, 2.45) is 0 Å². The smallest absolute Gasteiger partial charge is 0.271 e. The number of carbonyl (C=O) groups excluding carboxylic acids is 1. The molecule has 1 unspecified atom stereocenters. The average Bonchev–Trinajstić information content (AvgIpc) is 3.53. The van der Waals surface area contributed by atoms with Gasteiger partial charge in [0.2, 0.25) is 0 Å². The van der Waals surface area contributed by atoms with E-state index in [0.717, 1.165) is 40.0 Å². The van der Waals surface area contributed by atoms with Gasteiger partial charge in [-0.3, -0.25) is 4.79 Å². The van der Waals surface area contributed by atoms with E-state index >= 15 is 0 Å². The van der Waals surface area contributed by atoms with Crippen molar-refractivity contribution in [3.05, 3.63) is 78.4 Å². The van der Waals surface area contributed by atoms with Crippen LogP contribution in [0.5, 0.6) is 0 Å². The average molecular weight is 510 g/mol. The second-order valence-electron chi connectivity index (χ2n) is 10.3. The van der Waals surface area contributed by atoms with Gasteiger partial charge in [0.15, 0.2) is 11.3 Å². The highest BCUT2D eigenvalue weighted by atomic mass is 16.3. The molecule has 0 spiro atoms. The molecule has 5 aromatic rings. The van der Waals surface area contributed by atoms with Crippen LogP contribution in [-0.2, 0) is 6.54 Å². The van der Waals surface area contributed by atoms with E-state index in [9.17, 15) is 9.90 Å². The van der Waals surface area contributed by atoms with E-state index in [2.05, 4.69) is 63.0 Å². The summed E-state index contributed by atoms with van der Waals surface area (Å²) in [5, 5.41) is 18.9. The number of carbonyl (C=O) groups is 1. The van der Waals surface area contributed by atoms with Crippen LogP contribution in [0.2, 0.25) is 0 Å². The second-order valence-corrected chi connectivity index (χ2v) is 10.3. The summed E-state index contributed by atoms with van der Waals surface area (Å²) in [5.41, 5.74) is 5.50. The van der Waals surface area contributed by atoms with Crippen molar-refractivity contribution in [3.8, 4) is 11.3 Å². The minimum Gasteiger partial charge on any atom is -0.391 e. The molecule has 1 aliphatic carbocycles. The Morgan fingerprint density at radius 3 is 2.66 bits per heavy atom. The van der Waals surface area contributed by atoms with Gasteiger partial charge in [0.05, 0.1) is 29.7 Å². The lowest BCUT2D eigenvalue weighted by Gasteiger charge is -2.32. The van der Waals surface area contributed by atoms with Gasteiger partial charge in [0, 0.05) is 43.0 Å². The van der Waals surface area contributed by atoms with Crippen LogP contribution < -0.4 is 10.2 Å². The Morgan fingerprint density at radius 2 is 1.95 bits per heavy atom. The predicted molar refractivity (Wildman–Crippen MR) is 147 cm³/mol. The summed E-state index contributed by atoms with van der Waals surface area (Å²) >= 11 is 0. The van der Waals surface area contributed by atoms with Gasteiger partial charge in [-0.25, -0.2) is 14.5 Å². The van der Waals surface area contributed by atoms with Gasteiger partial charge < -0.3 is 19.9 Å². The minimum atomic E-state index is -0.510. The van der Waals surface area contributed by atoms with Crippen molar-refractivity contribution in [1.82, 2.24) is 29.5 Å². The first-order valence-electron chi connectivity index (χ1n) is 13.0. The van der Waals surface area contributed by atoms with Crippen molar-refractivity contribution in [3.63, 3.8) is 0 Å².